The minimum absolute atomic E-state index is 0.240. The quantitative estimate of drug-likeness (QED) is 0.522. The Morgan fingerprint density at radius 2 is 2.14 bits per heavy atom. The molecule has 0 atom stereocenters. The fourth-order valence-electron chi connectivity index (χ4n) is 1.16. The zero-order chi connectivity index (χ0) is 10.4. The van der Waals surface area contributed by atoms with Gasteiger partial charge in [0.25, 0.3) is 0 Å². The van der Waals surface area contributed by atoms with Crippen LogP contribution in [0.25, 0.3) is 0 Å². The van der Waals surface area contributed by atoms with Gasteiger partial charge in [0.2, 0.25) is 0 Å². The Kier molecular flexibility index (Phi) is 3.75. The normalized spacial score (nSPS) is 8.71. The maximum Gasteiger partial charge on any atom is 0.310 e. The van der Waals surface area contributed by atoms with Crippen LogP contribution in [0.5, 0.6) is 0 Å². The van der Waals surface area contributed by atoms with Gasteiger partial charge in [0.1, 0.15) is 0 Å². The van der Waals surface area contributed by atoms with Crippen LogP contribution in [0.4, 0.5) is 0 Å². The average molecular weight is 188 g/mol. The van der Waals surface area contributed by atoms with E-state index in [2.05, 4.69) is 16.6 Å². The van der Waals surface area contributed by atoms with Crippen LogP contribution in [0.2, 0.25) is 0 Å². The van der Waals surface area contributed by atoms with Gasteiger partial charge in [-0.25, -0.2) is 0 Å². The molecule has 0 N–H and O–H groups in total. The summed E-state index contributed by atoms with van der Waals surface area (Å²) in [4.78, 5) is 11.1. The molecule has 0 aliphatic heterocycles. The molecule has 0 bridgehead atoms. The molecule has 0 saturated heterocycles. The lowest BCUT2D eigenvalue weighted by atomic mass is 10.1. The number of rotatable bonds is 2. The predicted octanol–water partition coefficient (Wildman–Crippen LogP) is 1.77. The van der Waals surface area contributed by atoms with E-state index in [1.165, 1.54) is 7.11 Å². The summed E-state index contributed by atoms with van der Waals surface area (Å²) < 4.78 is 4.60. The van der Waals surface area contributed by atoms with E-state index in [1.807, 2.05) is 24.3 Å². The molecular formula is C12H12O2. The van der Waals surface area contributed by atoms with Crippen molar-refractivity contribution in [1.82, 2.24) is 0 Å². The molecule has 0 radical (unpaired) electrons. The highest BCUT2D eigenvalue weighted by atomic mass is 16.5. The first-order chi connectivity index (χ1) is 6.77. The van der Waals surface area contributed by atoms with Crippen molar-refractivity contribution in [3.05, 3.63) is 35.4 Å². The molecule has 0 aromatic heterocycles. The zero-order valence-corrected chi connectivity index (χ0v) is 8.33. The molecule has 0 spiro atoms. The van der Waals surface area contributed by atoms with E-state index in [0.717, 1.165) is 11.1 Å². The Bertz CT molecular complexity index is 383. The molecule has 1 aromatic rings. The van der Waals surface area contributed by atoms with Crippen LogP contribution in [0.3, 0.4) is 0 Å². The van der Waals surface area contributed by atoms with E-state index >= 15 is 0 Å². The smallest absolute Gasteiger partial charge is 0.310 e. The lowest BCUT2D eigenvalue weighted by molar-refractivity contribution is -0.139. The molecule has 0 aliphatic carbocycles. The number of methoxy groups -OCH3 is 1. The van der Waals surface area contributed by atoms with Crippen molar-refractivity contribution in [2.45, 2.75) is 13.3 Å². The summed E-state index contributed by atoms with van der Waals surface area (Å²) in [7, 11) is 1.39. The number of carbonyl (C=O) groups is 1. The Labute approximate surface area is 83.9 Å². The summed E-state index contributed by atoms with van der Waals surface area (Å²) in [6, 6.07) is 7.57. The van der Waals surface area contributed by atoms with Gasteiger partial charge in [-0.2, -0.15) is 0 Å². The van der Waals surface area contributed by atoms with E-state index in [-0.39, 0.29) is 12.4 Å². The second-order valence-electron chi connectivity index (χ2n) is 2.79. The molecule has 0 unspecified atom stereocenters. The third kappa shape index (κ3) is 2.63. The van der Waals surface area contributed by atoms with Crippen molar-refractivity contribution in [3.63, 3.8) is 0 Å². The average Bonchev–Trinajstić information content (AvgIpc) is 2.21. The maximum atomic E-state index is 11.1. The maximum absolute atomic E-state index is 11.1. The van der Waals surface area contributed by atoms with Crippen LogP contribution >= 0.6 is 0 Å². The molecule has 2 heteroatoms. The first kappa shape index (κ1) is 10.3. The van der Waals surface area contributed by atoms with Gasteiger partial charge in [-0.1, -0.05) is 24.1 Å². The number of carbonyl (C=O) groups excluding carboxylic acids is 1. The fourth-order valence-corrected chi connectivity index (χ4v) is 1.16. The summed E-state index contributed by atoms with van der Waals surface area (Å²) >= 11 is 0. The topological polar surface area (TPSA) is 26.3 Å². The van der Waals surface area contributed by atoms with Crippen molar-refractivity contribution in [1.29, 1.82) is 0 Å². The molecule has 0 heterocycles. The Balaban J connectivity index is 2.93. The van der Waals surface area contributed by atoms with Crippen LogP contribution < -0.4 is 0 Å². The van der Waals surface area contributed by atoms with Crippen LogP contribution in [0, 0.1) is 11.8 Å². The van der Waals surface area contributed by atoms with Gasteiger partial charge < -0.3 is 4.74 Å². The van der Waals surface area contributed by atoms with Crippen molar-refractivity contribution in [3.8, 4) is 11.8 Å². The summed E-state index contributed by atoms with van der Waals surface area (Å²) in [6.45, 7) is 1.77. The largest absolute Gasteiger partial charge is 0.469 e. The van der Waals surface area contributed by atoms with E-state index in [1.54, 1.807) is 6.92 Å². The fraction of sp³-hybridized carbons (Fsp3) is 0.250. The number of esters is 1. The van der Waals surface area contributed by atoms with Crippen molar-refractivity contribution in [2.24, 2.45) is 0 Å². The number of benzene rings is 1. The summed E-state index contributed by atoms with van der Waals surface area (Å²) in [5.74, 6) is 5.52. The van der Waals surface area contributed by atoms with E-state index < -0.39 is 0 Å². The summed E-state index contributed by atoms with van der Waals surface area (Å²) in [5, 5.41) is 0. The van der Waals surface area contributed by atoms with Gasteiger partial charge in [0.05, 0.1) is 13.5 Å². The van der Waals surface area contributed by atoms with Crippen molar-refractivity contribution < 1.29 is 9.53 Å². The molecule has 1 rings (SSSR count). The van der Waals surface area contributed by atoms with Crippen LogP contribution in [-0.4, -0.2) is 13.1 Å². The molecular weight excluding hydrogens is 176 g/mol. The number of hydrogen-bond donors (Lipinski definition) is 0. The molecule has 1 aromatic carbocycles. The molecule has 14 heavy (non-hydrogen) atoms. The van der Waals surface area contributed by atoms with Gasteiger partial charge in [0, 0.05) is 5.56 Å². The van der Waals surface area contributed by atoms with Gasteiger partial charge in [-0.3, -0.25) is 4.79 Å². The Morgan fingerprint density at radius 3 is 2.79 bits per heavy atom. The third-order valence-electron chi connectivity index (χ3n) is 1.84. The van der Waals surface area contributed by atoms with Gasteiger partial charge in [-0.05, 0) is 18.6 Å². The van der Waals surface area contributed by atoms with Gasteiger partial charge >= 0.3 is 5.97 Å². The standard InChI is InChI=1S/C12H12O2/c1-3-6-10-7-4-5-8-11(10)9-12(13)14-2/h4-5,7-8H,9H2,1-2H3. The van der Waals surface area contributed by atoms with Crippen molar-refractivity contribution in [2.75, 3.05) is 7.11 Å². The summed E-state index contributed by atoms with van der Waals surface area (Å²) in [6.07, 6.45) is 0.279. The second-order valence-corrected chi connectivity index (χ2v) is 2.79. The highest BCUT2D eigenvalue weighted by Gasteiger charge is 2.05. The summed E-state index contributed by atoms with van der Waals surface area (Å²) in [5.41, 5.74) is 1.80. The molecule has 0 aliphatic rings. The monoisotopic (exact) mass is 188 g/mol. The number of ether oxygens (including phenoxy) is 1. The van der Waals surface area contributed by atoms with Crippen molar-refractivity contribution >= 4 is 5.97 Å². The molecule has 0 saturated carbocycles. The zero-order valence-electron chi connectivity index (χ0n) is 8.33. The van der Waals surface area contributed by atoms with Crippen LogP contribution in [0.15, 0.2) is 24.3 Å². The third-order valence-corrected chi connectivity index (χ3v) is 1.84. The van der Waals surface area contributed by atoms with E-state index in [4.69, 9.17) is 0 Å². The second kappa shape index (κ2) is 5.08. The lowest BCUT2D eigenvalue weighted by Crippen LogP contribution is -2.05. The first-order valence-corrected chi connectivity index (χ1v) is 4.35. The SMILES string of the molecule is CC#Cc1ccccc1CC(=O)OC. The first-order valence-electron chi connectivity index (χ1n) is 4.35. The van der Waals surface area contributed by atoms with E-state index in [9.17, 15) is 4.79 Å². The van der Waals surface area contributed by atoms with E-state index in [0.29, 0.717) is 0 Å². The van der Waals surface area contributed by atoms with Crippen LogP contribution in [-0.2, 0) is 16.0 Å². The predicted molar refractivity (Wildman–Crippen MR) is 54.7 cm³/mol. The lowest BCUT2D eigenvalue weighted by Gasteiger charge is -2.02. The minimum Gasteiger partial charge on any atom is -0.469 e. The highest BCUT2D eigenvalue weighted by Crippen LogP contribution is 2.08. The molecule has 0 amide bonds. The molecule has 2 nitrogen and oxygen atoms in total. The molecule has 0 fully saturated rings. The number of hydrogen-bond acceptors (Lipinski definition) is 2. The van der Waals surface area contributed by atoms with Gasteiger partial charge in [-0.15, -0.1) is 5.92 Å². The Hall–Kier alpha value is -1.75. The Morgan fingerprint density at radius 1 is 1.43 bits per heavy atom. The minimum atomic E-state index is -0.240. The highest BCUT2D eigenvalue weighted by molar-refractivity contribution is 5.73. The van der Waals surface area contributed by atoms with Crippen LogP contribution in [0.1, 0.15) is 18.1 Å². The van der Waals surface area contributed by atoms with Gasteiger partial charge in [0.15, 0.2) is 0 Å². The molecule has 72 valence electrons.